The number of carbonyl (C=O) groups is 2. The number of nitrogens with two attached hydrogens (primary N) is 1. The van der Waals surface area contributed by atoms with Crippen molar-refractivity contribution in [1.29, 1.82) is 0 Å². The van der Waals surface area contributed by atoms with E-state index in [1.54, 1.807) is 0 Å². The van der Waals surface area contributed by atoms with Crippen LogP contribution in [0.3, 0.4) is 0 Å². The monoisotopic (exact) mass is 332 g/mol. The van der Waals surface area contributed by atoms with Crippen LogP contribution in [0.15, 0.2) is 18.7 Å². The molecule has 0 aromatic carbocycles. The van der Waals surface area contributed by atoms with E-state index in [1.807, 2.05) is 0 Å². The van der Waals surface area contributed by atoms with Crippen LogP contribution in [0.5, 0.6) is 0 Å². The van der Waals surface area contributed by atoms with Gasteiger partial charge in [0, 0.05) is 5.82 Å². The van der Waals surface area contributed by atoms with Crippen molar-refractivity contribution in [3.05, 3.63) is 24.5 Å². The predicted molar refractivity (Wildman–Crippen MR) is 69.4 cm³/mol. The van der Waals surface area contributed by atoms with Crippen LogP contribution in [-0.2, 0) is 18.6 Å². The summed E-state index contributed by atoms with van der Waals surface area (Å²) in [5, 5.41) is 13.5. The normalized spacial score (nSPS) is 27.5. The fourth-order valence-electron chi connectivity index (χ4n) is 1.71. The number of hydrogen-bond acceptors (Lipinski definition) is 8. The van der Waals surface area contributed by atoms with Gasteiger partial charge >= 0.3 is 7.60 Å². The van der Waals surface area contributed by atoms with Gasteiger partial charge in [0.25, 0.3) is 5.91 Å². The third-order valence-corrected chi connectivity index (χ3v) is 3.79. The van der Waals surface area contributed by atoms with Crippen LogP contribution in [0.4, 0.5) is 0 Å². The lowest BCUT2D eigenvalue weighted by molar-refractivity contribution is -0.128. The van der Waals surface area contributed by atoms with E-state index in [2.05, 4.69) is 21.2 Å². The van der Waals surface area contributed by atoms with Gasteiger partial charge in [-0.2, -0.15) is 0 Å². The number of carbonyl (C=O) groups excluding carboxylic acids is 2. The molecule has 2 rings (SSSR count). The van der Waals surface area contributed by atoms with Gasteiger partial charge in [-0.3, -0.25) is 14.2 Å². The molecule has 0 bridgehead atoms. The number of aromatic nitrogens is 3. The largest absolute Gasteiger partial charge is 0.380 e. The molecule has 12 heteroatoms. The molecule has 0 spiro atoms. The van der Waals surface area contributed by atoms with Crippen molar-refractivity contribution in [3.63, 3.8) is 0 Å². The molecule has 1 unspecified atom stereocenters. The zero-order valence-corrected chi connectivity index (χ0v) is 12.0. The molecule has 1 aliphatic heterocycles. The Hall–Kier alpha value is -1.91. The lowest BCUT2D eigenvalue weighted by atomic mass is 10.2. The van der Waals surface area contributed by atoms with Gasteiger partial charge in [-0.1, -0.05) is 6.58 Å². The summed E-state index contributed by atoms with van der Waals surface area (Å²) in [6.07, 6.45) is -3.06. The first-order valence-electron chi connectivity index (χ1n) is 5.94. The van der Waals surface area contributed by atoms with Gasteiger partial charge in [0.15, 0.2) is 18.1 Å². The topological polar surface area (TPSA) is 167 Å². The molecule has 1 fully saturated rings. The number of primary amides is 1. The van der Waals surface area contributed by atoms with E-state index in [-0.39, 0.29) is 5.82 Å². The summed E-state index contributed by atoms with van der Waals surface area (Å²) < 4.78 is 22.1. The highest BCUT2D eigenvalue weighted by molar-refractivity contribution is 7.56. The Morgan fingerprint density at radius 2 is 2.36 bits per heavy atom. The Morgan fingerprint density at radius 3 is 2.91 bits per heavy atom. The van der Waals surface area contributed by atoms with Crippen LogP contribution < -0.4 is 5.73 Å². The Bertz CT molecular complexity index is 659. The number of hydrogen-bond donors (Lipinski definition) is 3. The molecule has 4 N–H and O–H groups in total. The molecule has 1 aromatic heterocycles. The average Bonchev–Trinajstić information content (AvgIpc) is 3.05. The first kappa shape index (κ1) is 16.5. The van der Waals surface area contributed by atoms with Crippen molar-refractivity contribution in [2.24, 2.45) is 5.73 Å². The number of amides is 1. The third kappa shape index (κ3) is 3.29. The number of nitrogens with zero attached hydrogens (tertiary/aromatic N) is 3. The molecule has 22 heavy (non-hydrogen) atoms. The summed E-state index contributed by atoms with van der Waals surface area (Å²) in [5.41, 5.74) is 4.99. The Morgan fingerprint density at radius 1 is 1.68 bits per heavy atom. The van der Waals surface area contributed by atoms with Crippen molar-refractivity contribution < 1.29 is 33.4 Å². The van der Waals surface area contributed by atoms with Crippen LogP contribution in [0.2, 0.25) is 0 Å². The van der Waals surface area contributed by atoms with E-state index >= 15 is 0 Å². The molecular formula is C10H13N4O7P. The van der Waals surface area contributed by atoms with Crippen LogP contribution in [0, 0.1) is 0 Å². The summed E-state index contributed by atoms with van der Waals surface area (Å²) in [4.78, 5) is 35.5. The molecule has 1 saturated heterocycles. The van der Waals surface area contributed by atoms with Crippen molar-refractivity contribution in [2.75, 3.05) is 6.61 Å². The Labute approximate surface area is 123 Å². The molecule has 0 radical (unpaired) electrons. The molecule has 4 atom stereocenters. The van der Waals surface area contributed by atoms with Gasteiger partial charge in [-0.25, -0.2) is 9.67 Å². The first-order chi connectivity index (χ1) is 10.2. The lowest BCUT2D eigenvalue weighted by Crippen LogP contribution is -2.28. The van der Waals surface area contributed by atoms with Gasteiger partial charge in [0.05, 0.1) is 6.61 Å². The Balaban J connectivity index is 2.09. The van der Waals surface area contributed by atoms with E-state index in [9.17, 15) is 24.2 Å². The number of ether oxygens (including phenoxy) is 1. The van der Waals surface area contributed by atoms with Crippen molar-refractivity contribution in [2.45, 2.75) is 18.4 Å². The minimum absolute atomic E-state index is 0.311. The fourth-order valence-corrected chi connectivity index (χ4v) is 2.16. The highest BCUT2D eigenvalue weighted by atomic mass is 31.2. The highest BCUT2D eigenvalue weighted by Gasteiger charge is 2.44. The van der Waals surface area contributed by atoms with E-state index < -0.39 is 44.3 Å². The van der Waals surface area contributed by atoms with E-state index in [0.717, 1.165) is 11.0 Å². The molecule has 1 amide bonds. The van der Waals surface area contributed by atoms with Crippen LogP contribution in [0.1, 0.15) is 16.8 Å². The minimum atomic E-state index is -4.02. The summed E-state index contributed by atoms with van der Waals surface area (Å²) in [6.45, 7) is 2.56. The number of Topliss-reactive ketones (excluding diaryl/α,β-unsaturated/α-hetero) is 1. The van der Waals surface area contributed by atoms with Gasteiger partial charge in [-0.15, -0.1) is 5.10 Å². The summed E-state index contributed by atoms with van der Waals surface area (Å²) in [7, 11) is -4.02. The summed E-state index contributed by atoms with van der Waals surface area (Å²) in [6, 6.07) is 0. The second-order valence-electron chi connectivity index (χ2n) is 4.32. The Kier molecular flexibility index (Phi) is 4.54. The molecule has 2 heterocycles. The summed E-state index contributed by atoms with van der Waals surface area (Å²) >= 11 is 0. The van der Waals surface area contributed by atoms with E-state index in [1.165, 1.54) is 0 Å². The van der Waals surface area contributed by atoms with E-state index in [4.69, 9.17) is 10.5 Å². The standard InChI is InChI=1S/C10H13N4O7P/c1-2-22(18,19)20-3-5-6(15)7(16)10(21-5)14-4-12-9(13-14)8(11)17/h2,4-5,7,10,16H,1,3H2,(H2,11,17)(H,18,19)/t5-,7-,10-/m1/s1. The fraction of sp³-hybridized carbons (Fsp3) is 0.400. The zero-order chi connectivity index (χ0) is 16.5. The minimum Gasteiger partial charge on any atom is -0.380 e. The number of aliphatic hydroxyl groups is 1. The third-order valence-electron chi connectivity index (χ3n) is 2.81. The smallest absolute Gasteiger partial charge is 0.351 e. The summed E-state index contributed by atoms with van der Waals surface area (Å²) in [5.74, 6) is -1.25. The predicted octanol–water partition coefficient (Wildman–Crippen LogP) is -1.45. The average molecular weight is 332 g/mol. The second kappa shape index (κ2) is 6.07. The van der Waals surface area contributed by atoms with Crippen molar-refractivity contribution in [1.82, 2.24) is 14.8 Å². The lowest BCUT2D eigenvalue weighted by Gasteiger charge is -2.14. The highest BCUT2D eigenvalue weighted by Crippen LogP contribution is 2.43. The van der Waals surface area contributed by atoms with Crippen LogP contribution in [-0.4, -0.2) is 55.3 Å². The molecule has 1 aliphatic rings. The maximum Gasteiger partial charge on any atom is 0.351 e. The zero-order valence-electron chi connectivity index (χ0n) is 11.1. The van der Waals surface area contributed by atoms with Gasteiger partial charge in [0.2, 0.25) is 5.82 Å². The van der Waals surface area contributed by atoms with Crippen LogP contribution in [0.25, 0.3) is 0 Å². The molecular weight excluding hydrogens is 319 g/mol. The molecule has 1 aromatic rings. The van der Waals surface area contributed by atoms with Crippen molar-refractivity contribution >= 4 is 19.3 Å². The van der Waals surface area contributed by atoms with E-state index in [0.29, 0.717) is 5.82 Å². The van der Waals surface area contributed by atoms with Gasteiger partial charge in [0.1, 0.15) is 12.4 Å². The van der Waals surface area contributed by atoms with Gasteiger partial charge < -0.3 is 25.0 Å². The number of aliphatic hydroxyl groups excluding tert-OH is 1. The van der Waals surface area contributed by atoms with Gasteiger partial charge in [-0.05, 0) is 0 Å². The molecule has 0 aliphatic carbocycles. The number of rotatable bonds is 6. The maximum atomic E-state index is 11.8. The SMILES string of the molecule is C=CP(=O)(O)OC[C@H]1O[C@@H](n2cnc(C(N)=O)n2)[C@H](O)C1=O. The second-order valence-corrected chi connectivity index (χ2v) is 6.07. The maximum absolute atomic E-state index is 11.8. The van der Waals surface area contributed by atoms with Crippen LogP contribution >= 0.6 is 7.60 Å². The van der Waals surface area contributed by atoms with Crippen molar-refractivity contribution in [3.8, 4) is 0 Å². The quantitative estimate of drug-likeness (QED) is 0.528. The molecule has 0 saturated carbocycles. The first-order valence-corrected chi connectivity index (χ1v) is 7.58. The molecule has 11 nitrogen and oxygen atoms in total. The molecule has 120 valence electrons. The number of ketones is 1.